The van der Waals surface area contributed by atoms with Gasteiger partial charge in [-0.05, 0) is 18.6 Å². The van der Waals surface area contributed by atoms with E-state index in [1.165, 1.54) is 34.3 Å². The third-order valence-corrected chi connectivity index (χ3v) is 7.74. The number of aryl methyl sites for hydroxylation is 1. The van der Waals surface area contributed by atoms with E-state index in [2.05, 4.69) is 15.2 Å². The van der Waals surface area contributed by atoms with Crippen molar-refractivity contribution in [3.8, 4) is 0 Å². The Kier molecular flexibility index (Phi) is 6.23. The van der Waals surface area contributed by atoms with E-state index < -0.39 is 10.0 Å². The van der Waals surface area contributed by atoms with Gasteiger partial charge in [0.25, 0.3) is 5.56 Å². The predicted molar refractivity (Wildman–Crippen MR) is 114 cm³/mol. The lowest BCUT2D eigenvalue weighted by Crippen LogP contribution is -2.40. The molecule has 3 heterocycles. The monoisotopic (exact) mass is 463 g/mol. The largest absolute Gasteiger partial charge is 0.379 e. The minimum absolute atomic E-state index is 0.0458. The molecule has 1 fully saturated rings. The van der Waals surface area contributed by atoms with Crippen molar-refractivity contribution in [2.45, 2.75) is 23.4 Å². The van der Waals surface area contributed by atoms with E-state index in [1.807, 2.05) is 6.92 Å². The molecule has 0 unspecified atom stereocenters. The number of nitrogens with one attached hydrogen (secondary N) is 1. The number of fused-ring (bicyclic) bond motifs is 1. The number of hydrogen-bond donors (Lipinski definition) is 1. The quantitative estimate of drug-likeness (QED) is 0.406. The summed E-state index contributed by atoms with van der Waals surface area (Å²) >= 11 is 1.18. The molecule has 2 aromatic heterocycles. The molecule has 0 saturated carbocycles. The van der Waals surface area contributed by atoms with Crippen LogP contribution in [0.25, 0.3) is 5.78 Å². The van der Waals surface area contributed by atoms with Gasteiger partial charge >= 0.3 is 0 Å². The molecule has 0 aliphatic carbocycles. The molecular weight excluding hydrogens is 442 g/mol. The molecule has 0 spiro atoms. The van der Waals surface area contributed by atoms with E-state index in [0.717, 1.165) is 5.69 Å². The predicted octanol–water partition coefficient (Wildman–Crippen LogP) is 0.976. The Hall–Kier alpha value is -2.54. The summed E-state index contributed by atoms with van der Waals surface area (Å²) in [6.45, 7) is 3.20. The summed E-state index contributed by atoms with van der Waals surface area (Å²) in [4.78, 5) is 27.2. The molecule has 1 aliphatic heterocycles. The SMILES string of the molecule is CCc1cc(=O)[nH]c2nnc(SCC(=O)c3cccc(S(=O)(=O)N4CCOCC4)c3)n12. The first kappa shape index (κ1) is 21.7. The number of morpholine rings is 1. The second kappa shape index (κ2) is 8.91. The highest BCUT2D eigenvalue weighted by atomic mass is 32.2. The number of carbonyl (C=O) groups is 1. The number of sulfonamides is 1. The normalized spacial score (nSPS) is 15.4. The third-order valence-electron chi connectivity index (χ3n) is 4.91. The topological polar surface area (TPSA) is 127 Å². The average Bonchev–Trinajstić information content (AvgIpc) is 3.20. The summed E-state index contributed by atoms with van der Waals surface area (Å²) in [6, 6.07) is 7.53. The van der Waals surface area contributed by atoms with Gasteiger partial charge in [0.2, 0.25) is 15.8 Å². The van der Waals surface area contributed by atoms with Gasteiger partial charge in [-0.25, -0.2) is 8.42 Å². The fourth-order valence-electron chi connectivity index (χ4n) is 3.31. The molecule has 31 heavy (non-hydrogen) atoms. The number of rotatable bonds is 7. The van der Waals surface area contributed by atoms with Crippen molar-refractivity contribution < 1.29 is 17.9 Å². The van der Waals surface area contributed by atoms with E-state index in [-0.39, 0.29) is 35.1 Å². The number of thioether (sulfide) groups is 1. The van der Waals surface area contributed by atoms with Gasteiger partial charge in [-0.1, -0.05) is 30.8 Å². The highest BCUT2D eigenvalue weighted by Crippen LogP contribution is 2.22. The summed E-state index contributed by atoms with van der Waals surface area (Å²) in [5.41, 5.74) is 0.778. The van der Waals surface area contributed by atoms with E-state index >= 15 is 0 Å². The van der Waals surface area contributed by atoms with Gasteiger partial charge < -0.3 is 4.74 Å². The summed E-state index contributed by atoms with van der Waals surface area (Å²) in [6.07, 6.45) is 0.599. The van der Waals surface area contributed by atoms with Crippen LogP contribution in [-0.2, 0) is 21.2 Å². The van der Waals surface area contributed by atoms with Gasteiger partial charge in [0.1, 0.15) is 0 Å². The highest BCUT2D eigenvalue weighted by molar-refractivity contribution is 7.99. The molecule has 12 heteroatoms. The highest BCUT2D eigenvalue weighted by Gasteiger charge is 2.27. The molecule has 164 valence electrons. The Morgan fingerprint density at radius 3 is 2.74 bits per heavy atom. The lowest BCUT2D eigenvalue weighted by molar-refractivity contribution is 0.0730. The molecular formula is C19H21N5O5S2. The van der Waals surface area contributed by atoms with Gasteiger partial charge in [0.15, 0.2) is 10.9 Å². The van der Waals surface area contributed by atoms with Crippen molar-refractivity contribution in [1.82, 2.24) is 23.9 Å². The second-order valence-electron chi connectivity index (χ2n) is 6.88. The third kappa shape index (κ3) is 4.42. The lowest BCUT2D eigenvalue weighted by Gasteiger charge is -2.26. The lowest BCUT2D eigenvalue weighted by atomic mass is 10.1. The van der Waals surface area contributed by atoms with E-state index in [4.69, 9.17) is 4.74 Å². The number of aromatic nitrogens is 4. The van der Waals surface area contributed by atoms with Crippen LogP contribution in [-0.4, -0.2) is 70.1 Å². The number of aromatic amines is 1. The molecule has 0 amide bonds. The number of ether oxygens (including phenoxy) is 1. The van der Waals surface area contributed by atoms with Crippen LogP contribution in [0.15, 0.2) is 45.2 Å². The molecule has 1 aliphatic rings. The first-order chi connectivity index (χ1) is 14.9. The van der Waals surface area contributed by atoms with Crippen molar-refractivity contribution in [3.05, 3.63) is 51.9 Å². The molecule has 0 atom stereocenters. The molecule has 1 N–H and O–H groups in total. The van der Waals surface area contributed by atoms with Crippen LogP contribution in [0.4, 0.5) is 0 Å². The van der Waals surface area contributed by atoms with Crippen molar-refractivity contribution in [2.24, 2.45) is 0 Å². The van der Waals surface area contributed by atoms with Crippen LogP contribution >= 0.6 is 11.8 Å². The number of H-pyrrole nitrogens is 1. The zero-order valence-corrected chi connectivity index (χ0v) is 18.4. The van der Waals surface area contributed by atoms with Crippen molar-refractivity contribution in [2.75, 3.05) is 32.1 Å². The molecule has 3 aromatic rings. The minimum Gasteiger partial charge on any atom is -0.379 e. The van der Waals surface area contributed by atoms with Gasteiger partial charge in [-0.2, -0.15) is 4.31 Å². The van der Waals surface area contributed by atoms with Gasteiger partial charge in [0, 0.05) is 30.4 Å². The van der Waals surface area contributed by atoms with Crippen LogP contribution in [0.2, 0.25) is 0 Å². The van der Waals surface area contributed by atoms with Gasteiger partial charge in [-0.15, -0.1) is 10.2 Å². The van der Waals surface area contributed by atoms with Crippen LogP contribution < -0.4 is 5.56 Å². The number of ketones is 1. The van der Waals surface area contributed by atoms with Gasteiger partial charge in [-0.3, -0.25) is 19.0 Å². The second-order valence-corrected chi connectivity index (χ2v) is 9.76. The van der Waals surface area contributed by atoms with E-state index in [9.17, 15) is 18.0 Å². The summed E-state index contributed by atoms with van der Waals surface area (Å²) in [7, 11) is -3.68. The molecule has 0 radical (unpaired) electrons. The average molecular weight is 464 g/mol. The van der Waals surface area contributed by atoms with E-state index in [0.29, 0.717) is 36.1 Å². The van der Waals surface area contributed by atoms with Crippen LogP contribution in [0.5, 0.6) is 0 Å². The maximum Gasteiger partial charge on any atom is 0.252 e. The Morgan fingerprint density at radius 2 is 2.00 bits per heavy atom. The Bertz CT molecular complexity index is 1280. The first-order valence-corrected chi connectivity index (χ1v) is 12.1. The van der Waals surface area contributed by atoms with Crippen molar-refractivity contribution in [3.63, 3.8) is 0 Å². The fraction of sp³-hybridized carbons (Fsp3) is 0.368. The number of benzene rings is 1. The van der Waals surface area contributed by atoms with E-state index in [1.54, 1.807) is 16.5 Å². The van der Waals surface area contributed by atoms with Crippen LogP contribution in [0.3, 0.4) is 0 Å². The molecule has 10 nitrogen and oxygen atoms in total. The molecule has 4 rings (SSSR count). The Labute approximate surface area is 182 Å². The van der Waals surface area contributed by atoms with Crippen molar-refractivity contribution >= 4 is 33.3 Å². The number of hydrogen-bond acceptors (Lipinski definition) is 8. The zero-order valence-electron chi connectivity index (χ0n) is 16.8. The summed E-state index contributed by atoms with van der Waals surface area (Å²) < 4.78 is 34.0. The number of Topliss-reactive ketones (excluding diaryl/α,β-unsaturated/α-hetero) is 1. The molecule has 1 saturated heterocycles. The fourth-order valence-corrected chi connectivity index (χ4v) is 5.62. The van der Waals surface area contributed by atoms with Gasteiger partial charge in [0.05, 0.1) is 23.9 Å². The van der Waals surface area contributed by atoms with Crippen molar-refractivity contribution in [1.29, 1.82) is 0 Å². The summed E-state index contributed by atoms with van der Waals surface area (Å²) in [5.74, 6) is 0.130. The minimum atomic E-state index is -3.68. The molecule has 0 bridgehead atoms. The summed E-state index contributed by atoms with van der Waals surface area (Å²) in [5, 5.41) is 8.52. The van der Waals surface area contributed by atoms with Crippen LogP contribution in [0, 0.1) is 0 Å². The maximum absolute atomic E-state index is 12.9. The maximum atomic E-state index is 12.9. The Morgan fingerprint density at radius 1 is 1.23 bits per heavy atom. The number of carbonyl (C=O) groups excluding carboxylic acids is 1. The smallest absolute Gasteiger partial charge is 0.252 e. The first-order valence-electron chi connectivity index (χ1n) is 9.71. The van der Waals surface area contributed by atoms with Crippen LogP contribution in [0.1, 0.15) is 23.0 Å². The molecule has 1 aromatic carbocycles. The Balaban J connectivity index is 1.53. The zero-order chi connectivity index (χ0) is 22.0. The number of nitrogens with zero attached hydrogens (tertiary/aromatic N) is 4. The standard InChI is InChI=1S/C19H21N5O5S2/c1-2-14-11-17(26)20-18-21-22-19(24(14)18)30-12-16(25)13-4-3-5-15(10-13)31(27,28)23-6-8-29-9-7-23/h3-5,10-11H,2,6-9,12H2,1H3,(H,20,21,26).